The molecular formula is C21H16IN3O. The topological polar surface area (TPSA) is 45.0 Å². The molecule has 0 fully saturated rings. The van der Waals surface area contributed by atoms with Crippen molar-refractivity contribution in [1.29, 1.82) is 0 Å². The van der Waals surface area contributed by atoms with E-state index in [1.54, 1.807) is 12.1 Å². The van der Waals surface area contributed by atoms with Gasteiger partial charge in [0.15, 0.2) is 5.84 Å². The maximum absolute atomic E-state index is 12.7. The zero-order valence-corrected chi connectivity index (χ0v) is 16.3. The lowest BCUT2D eigenvalue weighted by atomic mass is 10.1. The molecule has 0 saturated heterocycles. The van der Waals surface area contributed by atoms with Crippen molar-refractivity contribution in [3.8, 4) is 0 Å². The fraction of sp³-hybridized carbons (Fsp3) is 0.0952. The van der Waals surface area contributed by atoms with Crippen LogP contribution in [0.3, 0.4) is 0 Å². The number of nitrogens with zero attached hydrogens (tertiary/aromatic N) is 3. The first kappa shape index (κ1) is 16.9. The summed E-state index contributed by atoms with van der Waals surface area (Å²) in [5, 5.41) is 0. The van der Waals surface area contributed by atoms with Gasteiger partial charge in [0, 0.05) is 27.5 Å². The minimum absolute atomic E-state index is 0.280. The second-order valence-corrected chi connectivity index (χ2v) is 7.45. The van der Waals surface area contributed by atoms with Crippen molar-refractivity contribution in [2.24, 2.45) is 9.98 Å². The molecule has 0 aliphatic carbocycles. The first-order valence-corrected chi connectivity index (χ1v) is 9.37. The van der Waals surface area contributed by atoms with Crippen molar-refractivity contribution in [3.05, 3.63) is 92.7 Å². The molecule has 4 rings (SSSR count). The monoisotopic (exact) mass is 453 g/mol. The van der Waals surface area contributed by atoms with Crippen LogP contribution in [0.5, 0.6) is 0 Å². The Morgan fingerprint density at radius 2 is 1.88 bits per heavy atom. The molecule has 4 nitrogen and oxygen atoms in total. The van der Waals surface area contributed by atoms with Gasteiger partial charge in [-0.3, -0.25) is 4.79 Å². The number of halogens is 1. The summed E-state index contributed by atoms with van der Waals surface area (Å²) < 4.78 is 1.13. The third kappa shape index (κ3) is 3.39. The Hall–Kier alpha value is -2.54. The number of allylic oxidation sites excluding steroid dienone is 2. The van der Waals surface area contributed by atoms with Gasteiger partial charge in [0.05, 0.1) is 0 Å². The van der Waals surface area contributed by atoms with E-state index in [0.29, 0.717) is 17.9 Å². The molecule has 0 N–H and O–H groups in total. The highest BCUT2D eigenvalue weighted by Crippen LogP contribution is 2.24. The van der Waals surface area contributed by atoms with Crippen molar-refractivity contribution in [1.82, 2.24) is 4.90 Å². The van der Waals surface area contributed by atoms with Gasteiger partial charge in [0.2, 0.25) is 0 Å². The Morgan fingerprint density at radius 3 is 2.69 bits per heavy atom. The predicted octanol–water partition coefficient (Wildman–Crippen LogP) is 4.64. The molecule has 0 unspecified atom stereocenters. The van der Waals surface area contributed by atoms with Gasteiger partial charge in [-0.25, -0.2) is 4.99 Å². The minimum atomic E-state index is -0.280. The number of carbonyl (C=O) groups is 1. The molecule has 2 heterocycles. The summed E-state index contributed by atoms with van der Waals surface area (Å²) in [4.78, 5) is 23.8. The summed E-state index contributed by atoms with van der Waals surface area (Å²) in [5.74, 6) is 0.966. The lowest BCUT2D eigenvalue weighted by molar-refractivity contribution is 0.100. The third-order valence-electron chi connectivity index (χ3n) is 4.29. The van der Waals surface area contributed by atoms with Gasteiger partial charge in [-0.05, 0) is 59.4 Å². The van der Waals surface area contributed by atoms with Crippen LogP contribution < -0.4 is 0 Å². The predicted molar refractivity (Wildman–Crippen MR) is 113 cm³/mol. The van der Waals surface area contributed by atoms with Gasteiger partial charge < -0.3 is 4.90 Å². The number of aliphatic imine (C=N–C) groups is 2. The second-order valence-electron chi connectivity index (χ2n) is 6.21. The summed E-state index contributed by atoms with van der Waals surface area (Å²) in [6, 6.07) is 15.4. The summed E-state index contributed by atoms with van der Waals surface area (Å²) in [5.41, 5.74) is 3.67. The first-order valence-electron chi connectivity index (χ1n) is 8.29. The normalized spacial score (nSPS) is 17.2. The highest BCUT2D eigenvalue weighted by atomic mass is 127. The molecule has 0 bridgehead atoms. The maximum Gasteiger partial charge on any atom is 0.279 e. The van der Waals surface area contributed by atoms with Gasteiger partial charge in [-0.15, -0.1) is 0 Å². The number of hydrogen-bond acceptors (Lipinski definition) is 2. The average Bonchev–Trinajstić information content (AvgIpc) is 2.78. The summed E-state index contributed by atoms with van der Waals surface area (Å²) in [7, 11) is 0. The van der Waals surface area contributed by atoms with E-state index in [1.165, 1.54) is 0 Å². The quantitative estimate of drug-likeness (QED) is 0.591. The maximum atomic E-state index is 12.7. The number of amidine groups is 2. The fourth-order valence-electron chi connectivity index (χ4n) is 2.91. The van der Waals surface area contributed by atoms with Gasteiger partial charge >= 0.3 is 0 Å². The Morgan fingerprint density at radius 1 is 1.12 bits per heavy atom. The van der Waals surface area contributed by atoms with E-state index in [0.717, 1.165) is 26.1 Å². The molecule has 0 saturated carbocycles. The highest BCUT2D eigenvalue weighted by Gasteiger charge is 2.21. The van der Waals surface area contributed by atoms with Crippen LogP contribution in [0.25, 0.3) is 0 Å². The molecule has 0 spiro atoms. The van der Waals surface area contributed by atoms with Gasteiger partial charge in [0.1, 0.15) is 5.84 Å². The number of hydrogen-bond donors (Lipinski definition) is 0. The molecule has 128 valence electrons. The van der Waals surface area contributed by atoms with Crippen molar-refractivity contribution in [2.75, 3.05) is 0 Å². The highest BCUT2D eigenvalue weighted by molar-refractivity contribution is 14.1. The van der Waals surface area contributed by atoms with E-state index >= 15 is 0 Å². The van der Waals surface area contributed by atoms with Gasteiger partial charge in [-0.1, -0.05) is 42.0 Å². The molecule has 0 aromatic heterocycles. The van der Waals surface area contributed by atoms with Crippen LogP contribution in [-0.2, 0) is 6.54 Å². The summed E-state index contributed by atoms with van der Waals surface area (Å²) in [6.45, 7) is 2.69. The largest absolute Gasteiger partial charge is 0.327 e. The molecule has 2 aromatic carbocycles. The van der Waals surface area contributed by atoms with E-state index in [-0.39, 0.29) is 5.91 Å². The molecular weight excluding hydrogens is 437 g/mol. The molecule has 2 aliphatic rings. The Bertz CT molecular complexity index is 1000. The van der Waals surface area contributed by atoms with Crippen LogP contribution in [0, 0.1) is 6.92 Å². The third-order valence-corrected chi connectivity index (χ3v) is 4.93. The van der Waals surface area contributed by atoms with Gasteiger partial charge in [-0.2, -0.15) is 4.99 Å². The number of benzene rings is 2. The zero-order valence-electron chi connectivity index (χ0n) is 14.2. The van der Waals surface area contributed by atoms with E-state index in [4.69, 9.17) is 4.99 Å². The number of fused-ring (bicyclic) bond motifs is 2. The molecule has 1 amide bonds. The summed E-state index contributed by atoms with van der Waals surface area (Å²) >= 11 is 2.29. The van der Waals surface area contributed by atoms with Crippen LogP contribution in [-0.4, -0.2) is 22.5 Å². The van der Waals surface area contributed by atoms with E-state index in [2.05, 4.69) is 44.7 Å². The van der Waals surface area contributed by atoms with Crippen LogP contribution in [0.15, 0.2) is 80.4 Å². The van der Waals surface area contributed by atoms with Crippen molar-refractivity contribution < 1.29 is 4.79 Å². The van der Waals surface area contributed by atoms with E-state index in [1.807, 2.05) is 49.4 Å². The SMILES string of the molecule is Cc1ccc(C(=O)N=C2N=C3C=CC(I)=CN3Cc3ccccc32)cc1. The minimum Gasteiger partial charge on any atom is -0.327 e. The smallest absolute Gasteiger partial charge is 0.279 e. The Labute approximate surface area is 165 Å². The Balaban J connectivity index is 1.80. The average molecular weight is 453 g/mol. The molecule has 0 radical (unpaired) electrons. The number of aryl methyl sites for hydroxylation is 1. The van der Waals surface area contributed by atoms with Crippen LogP contribution in [0.1, 0.15) is 27.0 Å². The fourth-order valence-corrected chi connectivity index (χ4v) is 3.42. The number of amides is 1. The molecule has 2 aliphatic heterocycles. The van der Waals surface area contributed by atoms with Crippen molar-refractivity contribution in [2.45, 2.75) is 13.5 Å². The molecule has 26 heavy (non-hydrogen) atoms. The number of rotatable bonds is 1. The number of carbonyl (C=O) groups excluding carboxylic acids is 1. The lowest BCUT2D eigenvalue weighted by Gasteiger charge is -2.21. The standard InChI is InChI=1S/C21H16IN3O/c1-14-6-8-15(9-7-14)21(26)24-20-18-5-3-2-4-16(18)12-25-13-17(22)10-11-19(25)23-20/h2-11,13H,12H2,1H3. The van der Waals surface area contributed by atoms with E-state index < -0.39 is 0 Å². The molecule has 2 aromatic rings. The summed E-state index contributed by atoms with van der Waals surface area (Å²) in [6.07, 6.45) is 6.02. The lowest BCUT2D eigenvalue weighted by Crippen LogP contribution is -2.24. The van der Waals surface area contributed by atoms with Crippen molar-refractivity contribution in [3.63, 3.8) is 0 Å². The van der Waals surface area contributed by atoms with Gasteiger partial charge in [0.25, 0.3) is 5.91 Å². The first-order chi connectivity index (χ1) is 12.6. The Kier molecular flexibility index (Phi) is 4.55. The van der Waals surface area contributed by atoms with Crippen LogP contribution in [0.4, 0.5) is 0 Å². The van der Waals surface area contributed by atoms with Crippen molar-refractivity contribution >= 4 is 40.2 Å². The zero-order chi connectivity index (χ0) is 18.1. The molecule has 5 heteroatoms. The van der Waals surface area contributed by atoms with Crippen LogP contribution >= 0.6 is 22.6 Å². The van der Waals surface area contributed by atoms with E-state index in [9.17, 15) is 4.79 Å². The molecule has 0 atom stereocenters. The van der Waals surface area contributed by atoms with Crippen LogP contribution in [0.2, 0.25) is 0 Å². The second kappa shape index (κ2) is 6.99.